The van der Waals surface area contributed by atoms with E-state index in [-0.39, 0.29) is 23.0 Å². The Morgan fingerprint density at radius 1 is 0.925 bits per heavy atom. The maximum atomic E-state index is 14.0. The number of carbonyl (C=O) groups excluding carboxylic acids is 2. The zero-order valence-electron chi connectivity index (χ0n) is 23.5. The highest BCUT2D eigenvalue weighted by Crippen LogP contribution is 2.29. The van der Waals surface area contributed by atoms with Crippen molar-refractivity contribution in [2.75, 3.05) is 10.8 Å². The number of sulfonamides is 1. The molecule has 0 radical (unpaired) electrons. The van der Waals surface area contributed by atoms with Crippen LogP contribution in [0.2, 0.25) is 10.0 Å². The molecular formula is C30H35Cl2N3O4S. The highest BCUT2D eigenvalue weighted by Gasteiger charge is 2.33. The predicted octanol–water partition coefficient (Wildman–Crippen LogP) is 6.14. The van der Waals surface area contributed by atoms with Crippen LogP contribution < -0.4 is 9.62 Å². The van der Waals surface area contributed by atoms with Crippen LogP contribution in [0.4, 0.5) is 5.69 Å². The molecule has 3 aromatic rings. The zero-order valence-corrected chi connectivity index (χ0v) is 25.9. The third-order valence-electron chi connectivity index (χ3n) is 6.30. The monoisotopic (exact) mass is 603 g/mol. The first kappa shape index (κ1) is 31.5. The number of aryl methyl sites for hydroxylation is 2. The van der Waals surface area contributed by atoms with Gasteiger partial charge in [-0.05, 0) is 83.0 Å². The van der Waals surface area contributed by atoms with Gasteiger partial charge in [0.1, 0.15) is 12.6 Å². The molecule has 0 aliphatic rings. The molecule has 2 amide bonds. The van der Waals surface area contributed by atoms with Crippen molar-refractivity contribution in [2.45, 2.75) is 64.6 Å². The molecule has 214 valence electrons. The standard InChI is InChI=1S/C30H35Cl2N3O4S/c1-20-11-15-25(16-12-20)40(38,39)35(24-14-13-21(2)27(32)17-24)19-28(36)34(18-23-9-7-8-10-26(23)31)22(3)29(37)33-30(4,5)6/h7-17,22H,18-19H2,1-6H3,(H,33,37)/t22-/m1/s1. The number of benzene rings is 3. The molecule has 3 aromatic carbocycles. The molecule has 0 fully saturated rings. The average Bonchev–Trinajstić information content (AvgIpc) is 2.87. The molecule has 0 saturated carbocycles. The third kappa shape index (κ3) is 7.77. The fourth-order valence-electron chi connectivity index (χ4n) is 3.97. The first-order valence-corrected chi connectivity index (χ1v) is 15.0. The van der Waals surface area contributed by atoms with E-state index < -0.39 is 34.1 Å². The average molecular weight is 605 g/mol. The van der Waals surface area contributed by atoms with Crippen molar-refractivity contribution in [3.8, 4) is 0 Å². The van der Waals surface area contributed by atoms with Gasteiger partial charge in [0.2, 0.25) is 11.8 Å². The molecule has 1 N–H and O–H groups in total. The van der Waals surface area contributed by atoms with Crippen molar-refractivity contribution < 1.29 is 18.0 Å². The minimum absolute atomic E-state index is 0.00428. The molecule has 0 heterocycles. The van der Waals surface area contributed by atoms with Crippen LogP contribution in [0.5, 0.6) is 0 Å². The molecule has 0 aromatic heterocycles. The summed E-state index contributed by atoms with van der Waals surface area (Å²) in [6.07, 6.45) is 0. The SMILES string of the molecule is Cc1ccc(S(=O)(=O)N(CC(=O)N(Cc2ccccc2Cl)[C@H](C)C(=O)NC(C)(C)C)c2ccc(C)c(Cl)c2)cc1. The van der Waals surface area contributed by atoms with Gasteiger partial charge in [-0.25, -0.2) is 8.42 Å². The summed E-state index contributed by atoms with van der Waals surface area (Å²) in [5.41, 5.74) is 1.97. The van der Waals surface area contributed by atoms with Crippen LogP contribution in [0.25, 0.3) is 0 Å². The van der Waals surface area contributed by atoms with Crippen molar-refractivity contribution in [1.29, 1.82) is 0 Å². The van der Waals surface area contributed by atoms with Crippen LogP contribution in [-0.4, -0.2) is 43.3 Å². The van der Waals surface area contributed by atoms with Gasteiger partial charge in [0.15, 0.2) is 0 Å². The van der Waals surface area contributed by atoms with Gasteiger partial charge in [0.05, 0.1) is 10.6 Å². The Balaban J connectivity index is 2.08. The van der Waals surface area contributed by atoms with Crippen LogP contribution in [0.3, 0.4) is 0 Å². The number of hydrogen-bond acceptors (Lipinski definition) is 4. The predicted molar refractivity (Wildman–Crippen MR) is 161 cm³/mol. The molecule has 0 aliphatic carbocycles. The molecule has 0 spiro atoms. The summed E-state index contributed by atoms with van der Waals surface area (Å²) in [6.45, 7) is 10.2. The zero-order chi connectivity index (χ0) is 29.8. The van der Waals surface area contributed by atoms with Gasteiger partial charge in [-0.2, -0.15) is 0 Å². The maximum Gasteiger partial charge on any atom is 0.264 e. The van der Waals surface area contributed by atoms with Gasteiger partial charge in [0, 0.05) is 22.1 Å². The molecule has 40 heavy (non-hydrogen) atoms. The fourth-order valence-corrected chi connectivity index (χ4v) is 5.75. The molecule has 1 atom stereocenters. The maximum absolute atomic E-state index is 14.0. The van der Waals surface area contributed by atoms with E-state index >= 15 is 0 Å². The van der Waals surface area contributed by atoms with Gasteiger partial charge in [-0.15, -0.1) is 0 Å². The normalized spacial score (nSPS) is 12.5. The second-order valence-electron chi connectivity index (χ2n) is 10.8. The highest BCUT2D eigenvalue weighted by molar-refractivity contribution is 7.92. The molecule has 10 heteroatoms. The van der Waals surface area contributed by atoms with E-state index in [4.69, 9.17) is 23.2 Å². The Hall–Kier alpha value is -3.07. The highest BCUT2D eigenvalue weighted by atomic mass is 35.5. The second kappa shape index (κ2) is 12.6. The lowest BCUT2D eigenvalue weighted by molar-refractivity contribution is -0.140. The van der Waals surface area contributed by atoms with Crippen molar-refractivity contribution in [3.63, 3.8) is 0 Å². The summed E-state index contributed by atoms with van der Waals surface area (Å²) in [7, 11) is -4.18. The largest absolute Gasteiger partial charge is 0.350 e. The lowest BCUT2D eigenvalue weighted by Gasteiger charge is -2.33. The quantitative estimate of drug-likeness (QED) is 0.318. The molecular weight excluding hydrogens is 569 g/mol. The first-order chi connectivity index (χ1) is 18.6. The lowest BCUT2D eigenvalue weighted by atomic mass is 10.1. The van der Waals surface area contributed by atoms with Crippen LogP contribution in [0, 0.1) is 13.8 Å². The molecule has 0 saturated heterocycles. The number of carbonyl (C=O) groups is 2. The van der Waals surface area contributed by atoms with Gasteiger partial charge < -0.3 is 10.2 Å². The van der Waals surface area contributed by atoms with E-state index in [0.29, 0.717) is 15.6 Å². The van der Waals surface area contributed by atoms with Crippen LogP contribution in [-0.2, 0) is 26.2 Å². The minimum Gasteiger partial charge on any atom is -0.350 e. The second-order valence-corrected chi connectivity index (χ2v) is 13.5. The van der Waals surface area contributed by atoms with Gasteiger partial charge in [0.25, 0.3) is 10.0 Å². The summed E-state index contributed by atoms with van der Waals surface area (Å²) in [5.74, 6) is -0.955. The smallest absolute Gasteiger partial charge is 0.264 e. The Morgan fingerprint density at radius 3 is 2.12 bits per heavy atom. The van der Waals surface area contributed by atoms with E-state index in [1.54, 1.807) is 62.4 Å². The Kier molecular flexibility index (Phi) is 9.93. The van der Waals surface area contributed by atoms with E-state index in [2.05, 4.69) is 5.32 Å². The van der Waals surface area contributed by atoms with E-state index in [0.717, 1.165) is 15.4 Å². The van der Waals surface area contributed by atoms with Crippen molar-refractivity contribution in [2.24, 2.45) is 0 Å². The van der Waals surface area contributed by atoms with Gasteiger partial charge >= 0.3 is 0 Å². The molecule has 3 rings (SSSR count). The number of nitrogens with one attached hydrogen (secondary N) is 1. The van der Waals surface area contributed by atoms with E-state index in [1.807, 2.05) is 27.7 Å². The number of amides is 2. The Bertz CT molecular complexity index is 1490. The third-order valence-corrected chi connectivity index (χ3v) is 8.86. The number of rotatable bonds is 9. The molecule has 0 aliphatic heterocycles. The summed E-state index contributed by atoms with van der Waals surface area (Å²) in [5, 5.41) is 3.69. The van der Waals surface area contributed by atoms with Crippen molar-refractivity contribution in [1.82, 2.24) is 10.2 Å². The summed E-state index contributed by atoms with van der Waals surface area (Å²) < 4.78 is 28.9. The Labute approximate surface area is 247 Å². The molecule has 0 bridgehead atoms. The lowest BCUT2D eigenvalue weighted by Crippen LogP contribution is -2.54. The van der Waals surface area contributed by atoms with E-state index in [9.17, 15) is 18.0 Å². The first-order valence-electron chi connectivity index (χ1n) is 12.8. The van der Waals surface area contributed by atoms with Crippen LogP contribution >= 0.6 is 23.2 Å². The fraction of sp³-hybridized carbons (Fsp3) is 0.333. The molecule has 7 nitrogen and oxygen atoms in total. The Morgan fingerprint density at radius 2 is 1.55 bits per heavy atom. The number of hydrogen-bond donors (Lipinski definition) is 1. The van der Waals surface area contributed by atoms with E-state index in [1.165, 1.54) is 23.1 Å². The number of anilines is 1. The summed E-state index contributed by atoms with van der Waals surface area (Å²) in [6, 6.07) is 17.3. The summed E-state index contributed by atoms with van der Waals surface area (Å²) in [4.78, 5) is 28.6. The summed E-state index contributed by atoms with van der Waals surface area (Å²) >= 11 is 12.8. The van der Waals surface area contributed by atoms with Gasteiger partial charge in [-0.3, -0.25) is 13.9 Å². The van der Waals surface area contributed by atoms with Crippen molar-refractivity contribution in [3.05, 3.63) is 93.5 Å². The van der Waals surface area contributed by atoms with Crippen LogP contribution in [0.15, 0.2) is 71.6 Å². The topological polar surface area (TPSA) is 86.8 Å². The van der Waals surface area contributed by atoms with Gasteiger partial charge in [-0.1, -0.05) is 65.2 Å². The minimum atomic E-state index is -4.18. The number of halogens is 2. The number of nitrogens with zero attached hydrogens (tertiary/aromatic N) is 2. The van der Waals surface area contributed by atoms with Crippen molar-refractivity contribution >= 4 is 50.7 Å². The molecule has 0 unspecified atom stereocenters. The van der Waals surface area contributed by atoms with Crippen LogP contribution in [0.1, 0.15) is 44.4 Å².